The number of hydrogen-bond acceptors (Lipinski definition) is 4. The Morgan fingerprint density at radius 3 is 2.29 bits per heavy atom. The van der Waals surface area contributed by atoms with Crippen LogP contribution in [0.15, 0.2) is 24.5 Å². The molecule has 1 saturated carbocycles. The van der Waals surface area contributed by atoms with Crippen LogP contribution in [-0.4, -0.2) is 29.8 Å². The number of rotatable bonds is 6. The van der Waals surface area contributed by atoms with Crippen molar-refractivity contribution in [3.8, 4) is 5.75 Å². The van der Waals surface area contributed by atoms with Crippen molar-refractivity contribution in [3.63, 3.8) is 0 Å². The molecular weight excluding hydrogens is 398 g/mol. The minimum absolute atomic E-state index is 0.0379. The standard InChI is InChI=1S/C25H32F2N2O2/c1-3-4-16-13-28-25(29-14-16)19-9-11-21(31-15-19)18-7-5-17(6-8-18)20-10-12-22(30-2)24(27)23(20)26/h10,12-14,17-19,21H,3-9,11,15H2,1-2H3. The van der Waals surface area contributed by atoms with Gasteiger partial charge in [-0.15, -0.1) is 0 Å². The van der Waals surface area contributed by atoms with Crippen LogP contribution in [0.2, 0.25) is 0 Å². The summed E-state index contributed by atoms with van der Waals surface area (Å²) >= 11 is 0. The number of halogens is 2. The molecule has 31 heavy (non-hydrogen) atoms. The van der Waals surface area contributed by atoms with Crippen molar-refractivity contribution in [1.82, 2.24) is 9.97 Å². The maximum absolute atomic E-state index is 14.5. The summed E-state index contributed by atoms with van der Waals surface area (Å²) in [6.07, 6.45) is 12.0. The van der Waals surface area contributed by atoms with E-state index in [0.717, 1.165) is 57.2 Å². The van der Waals surface area contributed by atoms with Gasteiger partial charge in [-0.05, 0) is 74.0 Å². The van der Waals surface area contributed by atoms with Crippen molar-refractivity contribution in [1.29, 1.82) is 0 Å². The van der Waals surface area contributed by atoms with Crippen LogP contribution in [0.5, 0.6) is 5.75 Å². The summed E-state index contributed by atoms with van der Waals surface area (Å²) in [6.45, 7) is 2.82. The van der Waals surface area contributed by atoms with E-state index in [0.29, 0.717) is 18.1 Å². The summed E-state index contributed by atoms with van der Waals surface area (Å²) in [5.41, 5.74) is 1.66. The van der Waals surface area contributed by atoms with E-state index in [1.54, 1.807) is 6.07 Å². The minimum Gasteiger partial charge on any atom is -0.494 e. The number of hydrogen-bond donors (Lipinski definition) is 0. The lowest BCUT2D eigenvalue weighted by Gasteiger charge is -2.37. The van der Waals surface area contributed by atoms with Crippen LogP contribution in [0.1, 0.15) is 80.7 Å². The lowest BCUT2D eigenvalue weighted by molar-refractivity contribution is -0.0423. The average molecular weight is 431 g/mol. The molecule has 0 N–H and O–H groups in total. The third-order valence-corrected chi connectivity index (χ3v) is 6.97. The van der Waals surface area contributed by atoms with Gasteiger partial charge >= 0.3 is 0 Å². The highest BCUT2D eigenvalue weighted by Gasteiger charge is 2.34. The topological polar surface area (TPSA) is 44.2 Å². The van der Waals surface area contributed by atoms with Gasteiger partial charge in [0.05, 0.1) is 19.8 Å². The zero-order valence-electron chi connectivity index (χ0n) is 18.4. The summed E-state index contributed by atoms with van der Waals surface area (Å²) < 4.78 is 39.7. The lowest BCUT2D eigenvalue weighted by Crippen LogP contribution is -2.33. The molecule has 2 aliphatic rings. The van der Waals surface area contributed by atoms with Crippen LogP contribution in [-0.2, 0) is 11.2 Å². The fourth-order valence-electron chi connectivity index (χ4n) is 5.16. The molecule has 1 aromatic carbocycles. The molecule has 2 fully saturated rings. The van der Waals surface area contributed by atoms with Crippen molar-refractivity contribution in [3.05, 3.63) is 53.1 Å². The second-order valence-corrected chi connectivity index (χ2v) is 8.94. The Hall–Kier alpha value is -2.08. The number of methoxy groups -OCH3 is 1. The van der Waals surface area contributed by atoms with E-state index in [4.69, 9.17) is 9.47 Å². The highest BCUT2D eigenvalue weighted by atomic mass is 19.2. The van der Waals surface area contributed by atoms with Gasteiger partial charge in [0, 0.05) is 18.3 Å². The van der Waals surface area contributed by atoms with Crippen LogP contribution in [0.3, 0.4) is 0 Å². The molecule has 2 unspecified atom stereocenters. The van der Waals surface area contributed by atoms with Gasteiger partial charge in [0.15, 0.2) is 11.6 Å². The number of ether oxygens (including phenoxy) is 2. The molecule has 4 rings (SSSR count). The van der Waals surface area contributed by atoms with E-state index in [1.807, 2.05) is 12.4 Å². The lowest BCUT2D eigenvalue weighted by atomic mass is 9.75. The fourth-order valence-corrected chi connectivity index (χ4v) is 5.16. The first-order valence-corrected chi connectivity index (χ1v) is 11.5. The van der Waals surface area contributed by atoms with Crippen molar-refractivity contribution in [2.75, 3.05) is 13.7 Å². The Morgan fingerprint density at radius 1 is 0.968 bits per heavy atom. The summed E-state index contributed by atoms with van der Waals surface area (Å²) in [5.74, 6) is 0.0141. The second kappa shape index (κ2) is 10.0. The highest BCUT2D eigenvalue weighted by Crippen LogP contribution is 2.42. The number of benzene rings is 1. The van der Waals surface area contributed by atoms with E-state index >= 15 is 0 Å². The van der Waals surface area contributed by atoms with E-state index in [2.05, 4.69) is 16.9 Å². The summed E-state index contributed by atoms with van der Waals surface area (Å²) in [6, 6.07) is 3.21. The molecule has 2 atom stereocenters. The van der Waals surface area contributed by atoms with Crippen LogP contribution in [0.4, 0.5) is 8.78 Å². The minimum atomic E-state index is -0.881. The monoisotopic (exact) mass is 430 g/mol. The first-order chi connectivity index (χ1) is 15.1. The zero-order valence-corrected chi connectivity index (χ0v) is 18.4. The fraction of sp³-hybridized carbons (Fsp3) is 0.600. The maximum atomic E-state index is 14.5. The molecule has 0 spiro atoms. The molecule has 1 aliphatic heterocycles. The Labute approximate surface area is 183 Å². The molecule has 168 valence electrons. The van der Waals surface area contributed by atoms with Gasteiger partial charge in [-0.2, -0.15) is 4.39 Å². The Balaban J connectivity index is 1.29. The third kappa shape index (κ3) is 4.89. The quantitative estimate of drug-likeness (QED) is 0.568. The molecule has 1 aliphatic carbocycles. The zero-order chi connectivity index (χ0) is 21.8. The Morgan fingerprint density at radius 2 is 1.68 bits per heavy atom. The molecule has 6 heteroatoms. The van der Waals surface area contributed by atoms with Crippen molar-refractivity contribution >= 4 is 0 Å². The number of aromatic nitrogens is 2. The van der Waals surface area contributed by atoms with E-state index in [1.165, 1.54) is 18.7 Å². The first-order valence-electron chi connectivity index (χ1n) is 11.5. The predicted molar refractivity (Wildman–Crippen MR) is 115 cm³/mol. The smallest absolute Gasteiger partial charge is 0.200 e. The summed E-state index contributed by atoms with van der Waals surface area (Å²) in [5, 5.41) is 0. The van der Waals surface area contributed by atoms with Gasteiger partial charge in [0.25, 0.3) is 0 Å². The summed E-state index contributed by atoms with van der Waals surface area (Å²) in [7, 11) is 1.35. The van der Waals surface area contributed by atoms with E-state index in [-0.39, 0.29) is 23.7 Å². The maximum Gasteiger partial charge on any atom is 0.200 e. The molecule has 0 bridgehead atoms. The van der Waals surface area contributed by atoms with Crippen molar-refractivity contribution in [2.24, 2.45) is 5.92 Å². The number of nitrogens with zero attached hydrogens (tertiary/aromatic N) is 2. The first kappa shape index (κ1) is 22.1. The van der Waals surface area contributed by atoms with E-state index in [9.17, 15) is 8.78 Å². The number of aryl methyl sites for hydroxylation is 1. The van der Waals surface area contributed by atoms with E-state index < -0.39 is 11.6 Å². The highest BCUT2D eigenvalue weighted by molar-refractivity contribution is 5.33. The van der Waals surface area contributed by atoms with Crippen LogP contribution < -0.4 is 4.74 Å². The van der Waals surface area contributed by atoms with Gasteiger partial charge in [-0.25, -0.2) is 14.4 Å². The van der Waals surface area contributed by atoms with Gasteiger partial charge in [0.2, 0.25) is 5.82 Å². The normalized spacial score (nSPS) is 26.6. The Bertz CT molecular complexity index is 859. The molecule has 4 nitrogen and oxygen atoms in total. The van der Waals surface area contributed by atoms with Gasteiger partial charge in [-0.3, -0.25) is 0 Å². The molecule has 0 amide bonds. The molecule has 0 radical (unpaired) electrons. The molecular formula is C25H32F2N2O2. The average Bonchev–Trinajstić information content (AvgIpc) is 2.82. The summed E-state index contributed by atoms with van der Waals surface area (Å²) in [4.78, 5) is 9.13. The predicted octanol–water partition coefficient (Wildman–Crippen LogP) is 5.95. The largest absolute Gasteiger partial charge is 0.494 e. The third-order valence-electron chi connectivity index (χ3n) is 6.97. The molecule has 1 aromatic heterocycles. The van der Waals surface area contributed by atoms with Crippen LogP contribution >= 0.6 is 0 Å². The SMILES string of the molecule is CCCc1cnc(C2CCC(C3CCC(c4ccc(OC)c(F)c4F)CC3)OC2)nc1. The van der Waals surface area contributed by atoms with Crippen molar-refractivity contribution in [2.45, 2.75) is 76.2 Å². The molecule has 2 aromatic rings. The second-order valence-electron chi connectivity index (χ2n) is 8.94. The molecule has 2 heterocycles. The van der Waals surface area contributed by atoms with Gasteiger partial charge < -0.3 is 9.47 Å². The van der Waals surface area contributed by atoms with Gasteiger partial charge in [0.1, 0.15) is 5.82 Å². The molecule has 1 saturated heterocycles. The van der Waals surface area contributed by atoms with Crippen LogP contribution in [0, 0.1) is 17.6 Å². The van der Waals surface area contributed by atoms with Crippen LogP contribution in [0.25, 0.3) is 0 Å². The Kier molecular flexibility index (Phi) is 7.16. The van der Waals surface area contributed by atoms with Crippen molar-refractivity contribution < 1.29 is 18.3 Å². The van der Waals surface area contributed by atoms with Gasteiger partial charge in [-0.1, -0.05) is 19.4 Å².